The average molecular weight is 999 g/mol. The van der Waals surface area contributed by atoms with E-state index in [0.29, 0.717) is 0 Å². The third kappa shape index (κ3) is 8.25. The van der Waals surface area contributed by atoms with Crippen LogP contribution < -0.4 is 9.80 Å². The Balaban J connectivity index is 0.829. The Hall–Kier alpha value is -9.96. The molecule has 0 atom stereocenters. The molecule has 13 aromatic rings. The van der Waals surface area contributed by atoms with Crippen LogP contribution in [0.3, 0.4) is 0 Å². The Morgan fingerprint density at radius 1 is 0.244 bits per heavy atom. The highest BCUT2D eigenvalue weighted by atomic mass is 16.3. The second kappa shape index (κ2) is 19.3. The van der Waals surface area contributed by atoms with Gasteiger partial charge < -0.3 is 14.2 Å². The quantitative estimate of drug-likeness (QED) is 0.129. The van der Waals surface area contributed by atoms with Crippen molar-refractivity contribution < 1.29 is 4.42 Å². The van der Waals surface area contributed by atoms with E-state index in [0.717, 1.165) is 78.3 Å². The molecule has 0 N–H and O–H groups in total. The first-order chi connectivity index (χ1) is 38.4. The van der Waals surface area contributed by atoms with E-state index in [1.165, 1.54) is 55.6 Å². The van der Waals surface area contributed by atoms with Crippen molar-refractivity contribution in [1.82, 2.24) is 0 Å². The van der Waals surface area contributed by atoms with Crippen molar-refractivity contribution in [3.05, 3.63) is 302 Å². The van der Waals surface area contributed by atoms with Crippen molar-refractivity contribution in [2.75, 3.05) is 9.80 Å². The molecule has 0 saturated heterocycles. The van der Waals surface area contributed by atoms with Gasteiger partial charge in [0.25, 0.3) is 0 Å². The first-order valence-electron chi connectivity index (χ1n) is 26.9. The third-order valence-corrected chi connectivity index (χ3v) is 15.9. The molecular weight excluding hydrogens is 945 g/mol. The van der Waals surface area contributed by atoms with Crippen LogP contribution in [-0.4, -0.2) is 0 Å². The minimum atomic E-state index is -0.130. The van der Waals surface area contributed by atoms with Crippen LogP contribution in [0.1, 0.15) is 25.0 Å². The van der Waals surface area contributed by atoms with Crippen LogP contribution in [0, 0.1) is 0 Å². The summed E-state index contributed by atoms with van der Waals surface area (Å²) in [6.07, 6.45) is 0. The summed E-state index contributed by atoms with van der Waals surface area (Å²) >= 11 is 0. The number of rotatable bonds is 11. The monoisotopic (exact) mass is 998 g/mol. The van der Waals surface area contributed by atoms with Gasteiger partial charge in [-0.1, -0.05) is 232 Å². The predicted octanol–water partition coefficient (Wildman–Crippen LogP) is 21.2. The molecule has 1 aromatic heterocycles. The molecule has 0 saturated carbocycles. The Morgan fingerprint density at radius 2 is 0.590 bits per heavy atom. The largest absolute Gasteiger partial charge is 0.455 e. The van der Waals surface area contributed by atoms with Crippen LogP contribution in [0.25, 0.3) is 88.7 Å². The van der Waals surface area contributed by atoms with Crippen molar-refractivity contribution in [1.29, 1.82) is 0 Å². The number of benzene rings is 12. The smallest absolute Gasteiger partial charge is 0.143 e. The van der Waals surface area contributed by atoms with Gasteiger partial charge in [0.15, 0.2) is 0 Å². The maximum absolute atomic E-state index is 7.13. The van der Waals surface area contributed by atoms with Crippen molar-refractivity contribution in [2.24, 2.45) is 0 Å². The summed E-state index contributed by atoms with van der Waals surface area (Å²) in [6, 6.07) is 105. The molecule has 1 heterocycles. The summed E-state index contributed by atoms with van der Waals surface area (Å²) in [5.41, 5.74) is 24.8. The molecule has 3 nitrogen and oxygen atoms in total. The highest BCUT2D eigenvalue weighted by Gasteiger charge is 2.36. The summed E-state index contributed by atoms with van der Waals surface area (Å²) in [4.78, 5) is 4.74. The molecule has 14 rings (SSSR count). The van der Waals surface area contributed by atoms with Crippen molar-refractivity contribution in [3.8, 4) is 66.8 Å². The van der Waals surface area contributed by atoms with E-state index in [2.05, 4.69) is 315 Å². The van der Waals surface area contributed by atoms with Gasteiger partial charge in [-0.3, -0.25) is 0 Å². The lowest BCUT2D eigenvalue weighted by atomic mass is 9.82. The Kier molecular flexibility index (Phi) is 11.5. The molecule has 0 spiro atoms. The normalized spacial score (nSPS) is 12.3. The number of fused-ring (bicyclic) bond motifs is 6. The molecule has 1 aliphatic rings. The topological polar surface area (TPSA) is 19.6 Å². The Labute approximate surface area is 456 Å². The summed E-state index contributed by atoms with van der Waals surface area (Å²) < 4.78 is 7.13. The average Bonchev–Trinajstić information content (AvgIpc) is 4.15. The van der Waals surface area contributed by atoms with Crippen LogP contribution in [0.2, 0.25) is 0 Å². The number of hydrogen-bond donors (Lipinski definition) is 0. The molecule has 0 aliphatic heterocycles. The Bertz CT molecular complexity index is 4210. The summed E-state index contributed by atoms with van der Waals surface area (Å²) in [5, 5.41) is 2.17. The van der Waals surface area contributed by atoms with E-state index in [9.17, 15) is 0 Å². The molecular formula is C75H54N2O. The van der Waals surface area contributed by atoms with Crippen LogP contribution in [0.15, 0.2) is 296 Å². The van der Waals surface area contributed by atoms with Gasteiger partial charge >= 0.3 is 0 Å². The fraction of sp³-hybridized carbons (Fsp3) is 0.0400. The Morgan fingerprint density at radius 3 is 1.08 bits per heavy atom. The first kappa shape index (κ1) is 46.6. The second-order valence-corrected chi connectivity index (χ2v) is 20.9. The molecule has 1 aliphatic carbocycles. The van der Waals surface area contributed by atoms with Crippen LogP contribution >= 0.6 is 0 Å². The van der Waals surface area contributed by atoms with E-state index in [-0.39, 0.29) is 5.41 Å². The standard InChI is InChI=1S/C75H54N2O/c1-75(2)71-30-13-12-25-67(71)68-48-47-64(50-72(68)75)77(61-43-35-56(36-44-61)53-21-10-5-11-22-53)62-45-37-57(38-46-62)65-26-15-28-69-70-29-16-27-66(74(70)78-73(65)69)58-23-14-24-63(49-58)76(59-39-31-54(32-40-59)51-17-6-3-7-18-51)60-41-33-55(34-42-60)52-19-8-4-9-20-52/h3-50H,1-2H3. The highest BCUT2D eigenvalue weighted by Crippen LogP contribution is 2.51. The zero-order valence-electron chi connectivity index (χ0n) is 43.5. The van der Waals surface area contributed by atoms with E-state index in [1.807, 2.05) is 0 Å². The fourth-order valence-electron chi connectivity index (χ4n) is 11.9. The van der Waals surface area contributed by atoms with Gasteiger partial charge in [-0.25, -0.2) is 0 Å². The zero-order chi connectivity index (χ0) is 52.2. The number of para-hydroxylation sites is 2. The summed E-state index contributed by atoms with van der Waals surface area (Å²) in [7, 11) is 0. The molecule has 78 heavy (non-hydrogen) atoms. The molecule has 0 amide bonds. The maximum atomic E-state index is 7.13. The van der Waals surface area contributed by atoms with Crippen molar-refractivity contribution >= 4 is 56.1 Å². The molecule has 3 heteroatoms. The number of anilines is 6. The van der Waals surface area contributed by atoms with Gasteiger partial charge in [-0.15, -0.1) is 0 Å². The van der Waals surface area contributed by atoms with Crippen molar-refractivity contribution in [3.63, 3.8) is 0 Å². The number of furan rings is 1. The first-order valence-corrected chi connectivity index (χ1v) is 26.9. The number of nitrogens with zero attached hydrogens (tertiary/aromatic N) is 2. The van der Waals surface area contributed by atoms with E-state index in [1.54, 1.807) is 0 Å². The van der Waals surface area contributed by atoms with Crippen LogP contribution in [0.5, 0.6) is 0 Å². The maximum Gasteiger partial charge on any atom is 0.143 e. The van der Waals surface area contributed by atoms with Crippen LogP contribution in [-0.2, 0) is 5.41 Å². The minimum absolute atomic E-state index is 0.130. The fourth-order valence-corrected chi connectivity index (χ4v) is 11.9. The lowest BCUT2D eigenvalue weighted by Crippen LogP contribution is -2.16. The van der Waals surface area contributed by atoms with Crippen LogP contribution in [0.4, 0.5) is 34.1 Å². The molecule has 12 aromatic carbocycles. The van der Waals surface area contributed by atoms with Gasteiger partial charge in [0, 0.05) is 61.4 Å². The minimum Gasteiger partial charge on any atom is -0.455 e. The lowest BCUT2D eigenvalue weighted by molar-refractivity contribution is 0.660. The number of hydrogen-bond acceptors (Lipinski definition) is 3. The van der Waals surface area contributed by atoms with Crippen molar-refractivity contribution in [2.45, 2.75) is 19.3 Å². The molecule has 0 radical (unpaired) electrons. The molecule has 0 unspecified atom stereocenters. The third-order valence-electron chi connectivity index (χ3n) is 15.9. The van der Waals surface area contributed by atoms with Gasteiger partial charge in [-0.05, 0) is 140 Å². The molecule has 0 bridgehead atoms. The molecule has 370 valence electrons. The predicted molar refractivity (Wildman–Crippen MR) is 328 cm³/mol. The second-order valence-electron chi connectivity index (χ2n) is 20.9. The van der Waals surface area contributed by atoms with Gasteiger partial charge in [0.05, 0.1) is 0 Å². The van der Waals surface area contributed by atoms with E-state index in [4.69, 9.17) is 4.42 Å². The molecule has 0 fully saturated rings. The van der Waals surface area contributed by atoms with Gasteiger partial charge in [-0.2, -0.15) is 0 Å². The highest BCUT2D eigenvalue weighted by molar-refractivity contribution is 6.13. The summed E-state index contributed by atoms with van der Waals surface area (Å²) in [5.74, 6) is 0. The van der Waals surface area contributed by atoms with Gasteiger partial charge in [0.1, 0.15) is 11.2 Å². The zero-order valence-corrected chi connectivity index (χ0v) is 43.5. The lowest BCUT2D eigenvalue weighted by Gasteiger charge is -2.28. The van der Waals surface area contributed by atoms with E-state index >= 15 is 0 Å². The van der Waals surface area contributed by atoms with E-state index < -0.39 is 0 Å². The summed E-state index contributed by atoms with van der Waals surface area (Å²) in [6.45, 7) is 4.70. The SMILES string of the molecule is CC1(C)c2ccccc2-c2ccc(N(c3ccc(-c4ccccc4)cc3)c3ccc(-c4cccc5c4oc4c(-c6cccc(N(c7ccc(-c8ccccc8)cc7)c7ccc(-c8ccccc8)cc7)c6)cccc45)cc3)cc21. The van der Waals surface area contributed by atoms with Gasteiger partial charge in [0.2, 0.25) is 0 Å².